The van der Waals surface area contributed by atoms with Crippen molar-refractivity contribution in [1.29, 1.82) is 0 Å². The molecule has 0 aliphatic carbocycles. The Kier molecular flexibility index (Phi) is 3.95. The quantitative estimate of drug-likeness (QED) is 0.617. The standard InChI is InChI=1S/C10H11BrO3/c1-13-8-5-3-7(4-6-8)9(11)10(12)14-2/h3-6,9H,1-2H3. The number of ether oxygens (including phenoxy) is 2. The second kappa shape index (κ2) is 5.00. The summed E-state index contributed by atoms with van der Waals surface area (Å²) >= 11 is 3.24. The van der Waals surface area contributed by atoms with E-state index < -0.39 is 4.83 Å². The first-order valence-corrected chi connectivity index (χ1v) is 4.96. The number of benzene rings is 1. The van der Waals surface area contributed by atoms with Crippen molar-refractivity contribution >= 4 is 21.9 Å². The van der Waals surface area contributed by atoms with Crippen molar-refractivity contribution in [2.45, 2.75) is 4.83 Å². The Bertz CT molecular complexity index is 308. The molecule has 1 unspecified atom stereocenters. The predicted molar refractivity (Wildman–Crippen MR) is 56.7 cm³/mol. The maximum absolute atomic E-state index is 11.2. The smallest absolute Gasteiger partial charge is 0.323 e. The number of methoxy groups -OCH3 is 2. The summed E-state index contributed by atoms with van der Waals surface area (Å²) in [7, 11) is 2.96. The zero-order valence-corrected chi connectivity index (χ0v) is 9.58. The molecule has 0 N–H and O–H groups in total. The Morgan fingerprint density at radius 3 is 2.29 bits per heavy atom. The van der Waals surface area contributed by atoms with Crippen molar-refractivity contribution in [2.24, 2.45) is 0 Å². The Hall–Kier alpha value is -1.03. The molecule has 4 heteroatoms. The van der Waals surface area contributed by atoms with Crippen LogP contribution >= 0.6 is 15.9 Å². The molecule has 0 heterocycles. The van der Waals surface area contributed by atoms with Gasteiger partial charge in [0.2, 0.25) is 0 Å². The van der Waals surface area contributed by atoms with E-state index in [0.29, 0.717) is 0 Å². The first-order chi connectivity index (χ1) is 6.69. The van der Waals surface area contributed by atoms with Gasteiger partial charge in [0, 0.05) is 0 Å². The van der Waals surface area contributed by atoms with E-state index >= 15 is 0 Å². The Labute approximate surface area is 91.1 Å². The van der Waals surface area contributed by atoms with Gasteiger partial charge in [0.15, 0.2) is 0 Å². The average Bonchev–Trinajstić information content (AvgIpc) is 2.27. The largest absolute Gasteiger partial charge is 0.497 e. The Morgan fingerprint density at radius 2 is 1.86 bits per heavy atom. The second-order valence-corrected chi connectivity index (χ2v) is 3.57. The molecule has 0 spiro atoms. The van der Waals surface area contributed by atoms with Gasteiger partial charge in [0.05, 0.1) is 14.2 Å². The molecule has 1 aromatic carbocycles. The fourth-order valence-electron chi connectivity index (χ4n) is 1.01. The van der Waals surface area contributed by atoms with Gasteiger partial charge in [-0.2, -0.15) is 0 Å². The molecule has 0 aliphatic heterocycles. The van der Waals surface area contributed by atoms with Crippen molar-refractivity contribution in [2.75, 3.05) is 14.2 Å². The number of hydrogen-bond acceptors (Lipinski definition) is 3. The average molecular weight is 259 g/mol. The van der Waals surface area contributed by atoms with Crippen LogP contribution in [0.2, 0.25) is 0 Å². The number of esters is 1. The summed E-state index contributed by atoms with van der Waals surface area (Å²) in [5, 5.41) is 0. The van der Waals surface area contributed by atoms with Gasteiger partial charge in [-0.1, -0.05) is 28.1 Å². The lowest BCUT2D eigenvalue weighted by Gasteiger charge is -2.08. The van der Waals surface area contributed by atoms with Crippen LogP contribution in [0.3, 0.4) is 0 Å². The maximum atomic E-state index is 11.2. The third-order valence-electron chi connectivity index (χ3n) is 1.82. The molecule has 1 rings (SSSR count). The molecule has 0 aromatic heterocycles. The van der Waals surface area contributed by atoms with Gasteiger partial charge in [-0.15, -0.1) is 0 Å². The number of carbonyl (C=O) groups excluding carboxylic acids is 1. The van der Waals surface area contributed by atoms with Gasteiger partial charge < -0.3 is 9.47 Å². The normalized spacial score (nSPS) is 11.9. The van der Waals surface area contributed by atoms with Crippen molar-refractivity contribution in [1.82, 2.24) is 0 Å². The highest BCUT2D eigenvalue weighted by Gasteiger charge is 2.16. The number of alkyl halides is 1. The SMILES string of the molecule is COC(=O)C(Br)c1ccc(OC)cc1. The number of carbonyl (C=O) groups is 1. The lowest BCUT2D eigenvalue weighted by atomic mass is 10.1. The van der Waals surface area contributed by atoms with E-state index in [1.165, 1.54) is 7.11 Å². The van der Waals surface area contributed by atoms with Crippen LogP contribution < -0.4 is 4.74 Å². The molecule has 0 radical (unpaired) electrons. The molecular weight excluding hydrogens is 248 g/mol. The van der Waals surface area contributed by atoms with Crippen LogP contribution in [0, 0.1) is 0 Å². The third-order valence-corrected chi connectivity index (χ3v) is 2.72. The summed E-state index contributed by atoms with van der Waals surface area (Å²) in [4.78, 5) is 10.7. The second-order valence-electron chi connectivity index (χ2n) is 2.66. The molecule has 0 saturated heterocycles. The number of hydrogen-bond donors (Lipinski definition) is 0. The summed E-state index contributed by atoms with van der Waals surface area (Å²) in [6, 6.07) is 7.23. The van der Waals surface area contributed by atoms with E-state index in [-0.39, 0.29) is 5.97 Å². The van der Waals surface area contributed by atoms with Crippen LogP contribution in [0.25, 0.3) is 0 Å². The summed E-state index contributed by atoms with van der Waals surface area (Å²) in [5.74, 6) is 0.452. The van der Waals surface area contributed by atoms with Gasteiger partial charge in [-0.05, 0) is 17.7 Å². The van der Waals surface area contributed by atoms with E-state index in [2.05, 4.69) is 20.7 Å². The molecular formula is C10H11BrO3. The van der Waals surface area contributed by atoms with Gasteiger partial charge in [-0.25, -0.2) is 0 Å². The molecule has 0 saturated carbocycles. The first-order valence-electron chi connectivity index (χ1n) is 4.05. The van der Waals surface area contributed by atoms with E-state index in [9.17, 15) is 4.79 Å². The molecule has 1 aromatic rings. The number of halogens is 1. The molecule has 76 valence electrons. The zero-order chi connectivity index (χ0) is 10.6. The lowest BCUT2D eigenvalue weighted by Crippen LogP contribution is -2.07. The molecule has 1 atom stereocenters. The monoisotopic (exact) mass is 258 g/mol. The summed E-state index contributed by atoms with van der Waals surface area (Å²) in [6.45, 7) is 0. The lowest BCUT2D eigenvalue weighted by molar-refractivity contribution is -0.139. The van der Waals surface area contributed by atoms with Crippen LogP contribution in [0.15, 0.2) is 24.3 Å². The number of rotatable bonds is 3. The molecule has 0 aliphatic rings. The van der Waals surface area contributed by atoms with E-state index in [1.54, 1.807) is 19.2 Å². The van der Waals surface area contributed by atoms with Gasteiger partial charge in [0.25, 0.3) is 0 Å². The topological polar surface area (TPSA) is 35.5 Å². The van der Waals surface area contributed by atoms with Crippen LogP contribution in [0.5, 0.6) is 5.75 Å². The molecule has 0 amide bonds. The van der Waals surface area contributed by atoms with Crippen LogP contribution in [0.1, 0.15) is 10.4 Å². The minimum absolute atomic E-state index is 0.310. The fourth-order valence-corrected chi connectivity index (χ4v) is 1.50. The van der Waals surface area contributed by atoms with E-state index in [4.69, 9.17) is 4.74 Å². The van der Waals surface area contributed by atoms with Crippen LogP contribution in [0.4, 0.5) is 0 Å². The van der Waals surface area contributed by atoms with Gasteiger partial charge in [-0.3, -0.25) is 4.79 Å². The zero-order valence-electron chi connectivity index (χ0n) is 7.99. The highest BCUT2D eigenvalue weighted by molar-refractivity contribution is 9.09. The highest BCUT2D eigenvalue weighted by Crippen LogP contribution is 2.25. The summed E-state index contributed by atoms with van der Waals surface area (Å²) in [6.07, 6.45) is 0. The Morgan fingerprint density at radius 1 is 1.29 bits per heavy atom. The van der Waals surface area contributed by atoms with Crippen molar-refractivity contribution in [3.63, 3.8) is 0 Å². The van der Waals surface area contributed by atoms with Gasteiger partial charge >= 0.3 is 5.97 Å². The van der Waals surface area contributed by atoms with Crippen LogP contribution in [-0.4, -0.2) is 20.2 Å². The molecule has 0 bridgehead atoms. The summed E-state index contributed by atoms with van der Waals surface area (Å²) in [5.41, 5.74) is 0.845. The van der Waals surface area contributed by atoms with Crippen molar-refractivity contribution < 1.29 is 14.3 Å². The van der Waals surface area contributed by atoms with Gasteiger partial charge in [0.1, 0.15) is 10.6 Å². The van der Waals surface area contributed by atoms with E-state index in [1.807, 2.05) is 12.1 Å². The minimum atomic E-state index is -0.418. The van der Waals surface area contributed by atoms with Crippen LogP contribution in [-0.2, 0) is 9.53 Å². The summed E-state index contributed by atoms with van der Waals surface area (Å²) < 4.78 is 9.61. The fraction of sp³-hybridized carbons (Fsp3) is 0.300. The third kappa shape index (κ3) is 2.48. The van der Waals surface area contributed by atoms with E-state index in [0.717, 1.165) is 11.3 Å². The minimum Gasteiger partial charge on any atom is -0.497 e. The highest BCUT2D eigenvalue weighted by atomic mass is 79.9. The Balaban J connectivity index is 2.81. The molecule has 3 nitrogen and oxygen atoms in total. The van der Waals surface area contributed by atoms with Crippen molar-refractivity contribution in [3.8, 4) is 5.75 Å². The van der Waals surface area contributed by atoms with Crippen molar-refractivity contribution in [3.05, 3.63) is 29.8 Å². The maximum Gasteiger partial charge on any atom is 0.323 e. The first kappa shape index (κ1) is 11.0. The molecule has 0 fully saturated rings. The predicted octanol–water partition coefficient (Wildman–Crippen LogP) is 2.30. The molecule has 14 heavy (non-hydrogen) atoms.